The number of rotatable bonds is 3. The number of anilines is 1. The first-order chi connectivity index (χ1) is 7.65. The average Bonchev–Trinajstić information content (AvgIpc) is 2.69. The number of aromatic nitrogens is 3. The molecule has 0 spiro atoms. The molecule has 16 heavy (non-hydrogen) atoms. The van der Waals surface area contributed by atoms with Crippen LogP contribution in [0.5, 0.6) is 0 Å². The summed E-state index contributed by atoms with van der Waals surface area (Å²) in [6.07, 6.45) is 0. The molecule has 0 fully saturated rings. The Balaban J connectivity index is 2.27. The molecule has 0 amide bonds. The lowest BCUT2D eigenvalue weighted by Gasteiger charge is -2.10. The summed E-state index contributed by atoms with van der Waals surface area (Å²) in [5.74, 6) is 0.569. The van der Waals surface area contributed by atoms with E-state index in [1.165, 1.54) is 11.8 Å². The van der Waals surface area contributed by atoms with E-state index >= 15 is 0 Å². The predicted molar refractivity (Wildman–Crippen MR) is 67.6 cm³/mol. The van der Waals surface area contributed by atoms with E-state index in [-0.39, 0.29) is 5.28 Å². The summed E-state index contributed by atoms with van der Waals surface area (Å²) >= 11 is 8.96. The number of hydrogen-bond acceptors (Lipinski definition) is 6. The van der Waals surface area contributed by atoms with Crippen molar-refractivity contribution < 1.29 is 0 Å². The fraction of sp³-hybridized carbons (Fsp3) is 0.222. The fourth-order valence-corrected chi connectivity index (χ4v) is 2.80. The molecular formula is C9H9ClN4S2. The van der Waals surface area contributed by atoms with Crippen molar-refractivity contribution in [2.45, 2.75) is 9.37 Å². The minimum atomic E-state index is 0.220. The van der Waals surface area contributed by atoms with Gasteiger partial charge in [-0.25, -0.2) is 0 Å². The first-order valence-electron chi connectivity index (χ1n) is 4.45. The van der Waals surface area contributed by atoms with Crippen molar-refractivity contribution in [1.82, 2.24) is 15.0 Å². The minimum absolute atomic E-state index is 0.220. The highest BCUT2D eigenvalue weighted by Crippen LogP contribution is 2.29. The van der Waals surface area contributed by atoms with E-state index < -0.39 is 0 Å². The van der Waals surface area contributed by atoms with Gasteiger partial charge in [0.25, 0.3) is 0 Å². The van der Waals surface area contributed by atoms with E-state index in [0.717, 1.165) is 4.21 Å². The maximum absolute atomic E-state index is 5.84. The van der Waals surface area contributed by atoms with Gasteiger partial charge in [-0.05, 0) is 34.8 Å². The summed E-state index contributed by atoms with van der Waals surface area (Å²) in [7, 11) is 3.73. The Labute approximate surface area is 107 Å². The number of nitrogens with zero attached hydrogens (tertiary/aromatic N) is 4. The Morgan fingerprint density at radius 3 is 2.75 bits per heavy atom. The molecule has 7 heteroatoms. The smallest absolute Gasteiger partial charge is 0.230 e. The van der Waals surface area contributed by atoms with Crippen molar-refractivity contribution in [2.24, 2.45) is 0 Å². The molecule has 2 aromatic rings. The Hall–Kier alpha value is -0.850. The highest BCUT2D eigenvalue weighted by Gasteiger charge is 2.08. The molecule has 0 aliphatic heterocycles. The first-order valence-corrected chi connectivity index (χ1v) is 6.53. The van der Waals surface area contributed by atoms with Gasteiger partial charge in [0.2, 0.25) is 11.2 Å². The van der Waals surface area contributed by atoms with Crippen molar-refractivity contribution in [1.29, 1.82) is 0 Å². The summed E-state index contributed by atoms with van der Waals surface area (Å²) in [6.45, 7) is 0. The molecule has 2 rings (SSSR count). The first kappa shape index (κ1) is 11.6. The fourth-order valence-electron chi connectivity index (χ4n) is 0.979. The third kappa shape index (κ3) is 2.84. The van der Waals surface area contributed by atoms with E-state index in [2.05, 4.69) is 15.0 Å². The zero-order valence-corrected chi connectivity index (χ0v) is 11.1. The van der Waals surface area contributed by atoms with Crippen LogP contribution >= 0.6 is 34.7 Å². The minimum Gasteiger partial charge on any atom is -0.347 e. The van der Waals surface area contributed by atoms with Crippen molar-refractivity contribution in [3.05, 3.63) is 22.8 Å². The Morgan fingerprint density at radius 1 is 1.31 bits per heavy atom. The number of thiophene rings is 1. The van der Waals surface area contributed by atoms with Crippen LogP contribution in [0.15, 0.2) is 26.9 Å². The monoisotopic (exact) mass is 272 g/mol. The van der Waals surface area contributed by atoms with Gasteiger partial charge in [-0.1, -0.05) is 6.07 Å². The van der Waals surface area contributed by atoms with Gasteiger partial charge in [0.1, 0.15) is 0 Å². The lowest BCUT2D eigenvalue weighted by molar-refractivity contribution is 0.866. The molecule has 0 radical (unpaired) electrons. The number of halogens is 1. The molecule has 2 aromatic heterocycles. The second-order valence-electron chi connectivity index (χ2n) is 3.12. The molecular weight excluding hydrogens is 264 g/mol. The predicted octanol–water partition coefficient (Wildman–Crippen LogP) is 2.80. The molecule has 0 aliphatic rings. The summed E-state index contributed by atoms with van der Waals surface area (Å²) in [4.78, 5) is 14.2. The van der Waals surface area contributed by atoms with Gasteiger partial charge < -0.3 is 4.90 Å². The van der Waals surface area contributed by atoms with Crippen LogP contribution in [-0.4, -0.2) is 29.0 Å². The van der Waals surface area contributed by atoms with E-state index in [0.29, 0.717) is 11.1 Å². The van der Waals surface area contributed by atoms with Gasteiger partial charge in [0.15, 0.2) is 5.16 Å². The second-order valence-corrected chi connectivity index (χ2v) is 5.67. The zero-order chi connectivity index (χ0) is 11.5. The van der Waals surface area contributed by atoms with E-state index in [4.69, 9.17) is 11.6 Å². The molecule has 0 saturated heterocycles. The lowest BCUT2D eigenvalue weighted by atomic mass is 10.7. The van der Waals surface area contributed by atoms with Crippen LogP contribution in [0.4, 0.5) is 5.95 Å². The summed E-state index contributed by atoms with van der Waals surface area (Å²) < 4.78 is 1.13. The largest absolute Gasteiger partial charge is 0.347 e. The van der Waals surface area contributed by atoms with Gasteiger partial charge in [0.05, 0.1) is 4.21 Å². The normalized spacial score (nSPS) is 10.4. The van der Waals surface area contributed by atoms with Crippen molar-refractivity contribution >= 4 is 40.6 Å². The topological polar surface area (TPSA) is 41.9 Å². The summed E-state index contributed by atoms with van der Waals surface area (Å²) in [5, 5.41) is 2.85. The lowest BCUT2D eigenvalue weighted by Crippen LogP contribution is -2.13. The molecule has 4 nitrogen and oxygen atoms in total. The van der Waals surface area contributed by atoms with Crippen molar-refractivity contribution in [3.63, 3.8) is 0 Å². The highest BCUT2D eigenvalue weighted by atomic mass is 35.5. The average molecular weight is 273 g/mol. The van der Waals surface area contributed by atoms with Gasteiger partial charge in [-0.2, -0.15) is 15.0 Å². The van der Waals surface area contributed by atoms with Gasteiger partial charge >= 0.3 is 0 Å². The maximum Gasteiger partial charge on any atom is 0.230 e. The Morgan fingerprint density at radius 2 is 2.12 bits per heavy atom. The SMILES string of the molecule is CN(C)c1nc(Cl)nc(Sc2cccs2)n1. The highest BCUT2D eigenvalue weighted by molar-refractivity contribution is 8.01. The van der Waals surface area contributed by atoms with Crippen LogP contribution < -0.4 is 4.90 Å². The molecule has 0 unspecified atom stereocenters. The Kier molecular flexibility index (Phi) is 3.63. The van der Waals surface area contributed by atoms with Crippen LogP contribution in [0.2, 0.25) is 5.28 Å². The molecule has 0 atom stereocenters. The van der Waals surface area contributed by atoms with Crippen molar-refractivity contribution in [3.8, 4) is 0 Å². The Bertz CT molecular complexity index is 472. The van der Waals surface area contributed by atoms with E-state index in [1.807, 2.05) is 31.6 Å². The van der Waals surface area contributed by atoms with E-state index in [1.54, 1.807) is 16.2 Å². The van der Waals surface area contributed by atoms with Crippen LogP contribution in [0, 0.1) is 0 Å². The van der Waals surface area contributed by atoms with Crippen LogP contribution in [0.3, 0.4) is 0 Å². The van der Waals surface area contributed by atoms with Gasteiger partial charge in [0, 0.05) is 14.1 Å². The van der Waals surface area contributed by atoms with Crippen LogP contribution in [-0.2, 0) is 0 Å². The molecule has 0 aliphatic carbocycles. The number of hydrogen-bond donors (Lipinski definition) is 0. The summed E-state index contributed by atoms with van der Waals surface area (Å²) in [6, 6.07) is 4.00. The van der Waals surface area contributed by atoms with Crippen LogP contribution in [0.1, 0.15) is 0 Å². The molecule has 0 saturated carbocycles. The van der Waals surface area contributed by atoms with E-state index in [9.17, 15) is 0 Å². The third-order valence-electron chi connectivity index (χ3n) is 1.66. The van der Waals surface area contributed by atoms with Crippen LogP contribution in [0.25, 0.3) is 0 Å². The molecule has 0 N–H and O–H groups in total. The molecule has 0 aromatic carbocycles. The molecule has 0 bridgehead atoms. The maximum atomic E-state index is 5.84. The third-order valence-corrected chi connectivity index (χ3v) is 3.73. The zero-order valence-electron chi connectivity index (χ0n) is 8.72. The van der Waals surface area contributed by atoms with Gasteiger partial charge in [-0.15, -0.1) is 11.3 Å². The molecule has 84 valence electrons. The second kappa shape index (κ2) is 4.99. The summed E-state index contributed by atoms with van der Waals surface area (Å²) in [5.41, 5.74) is 0. The quantitative estimate of drug-likeness (QED) is 0.859. The molecule has 2 heterocycles. The van der Waals surface area contributed by atoms with Gasteiger partial charge in [-0.3, -0.25) is 0 Å². The van der Waals surface area contributed by atoms with Crippen molar-refractivity contribution in [2.75, 3.05) is 19.0 Å². The standard InChI is InChI=1S/C9H9ClN4S2/c1-14(2)8-11-7(10)12-9(13-8)16-6-4-3-5-15-6/h3-5H,1-2H3.